The molecule has 1 atom stereocenters. The van der Waals surface area contributed by atoms with Crippen LogP contribution in [0.25, 0.3) is 0 Å². The quantitative estimate of drug-likeness (QED) is 0.823. The number of sulfonamides is 1. The summed E-state index contributed by atoms with van der Waals surface area (Å²) in [5.41, 5.74) is 0.936. The highest BCUT2D eigenvalue weighted by molar-refractivity contribution is 7.89. The van der Waals surface area contributed by atoms with E-state index in [0.717, 1.165) is 12.0 Å². The highest BCUT2D eigenvalue weighted by Gasteiger charge is 2.22. The Morgan fingerprint density at radius 3 is 2.70 bits per heavy atom. The van der Waals surface area contributed by atoms with Crippen molar-refractivity contribution in [3.63, 3.8) is 0 Å². The zero-order chi connectivity index (χ0) is 16.9. The maximum absolute atomic E-state index is 12.1. The molecule has 1 heterocycles. The Morgan fingerprint density at radius 1 is 1.39 bits per heavy atom. The lowest BCUT2D eigenvalue weighted by Gasteiger charge is -2.32. The first-order chi connectivity index (χ1) is 10.9. The average Bonchev–Trinajstić information content (AvgIpc) is 2.54. The number of rotatable bonds is 5. The molecule has 8 heteroatoms. The second kappa shape index (κ2) is 7.76. The highest BCUT2D eigenvalue weighted by atomic mass is 32.2. The summed E-state index contributed by atoms with van der Waals surface area (Å²) in [6.07, 6.45) is 1.62. The van der Waals surface area contributed by atoms with Gasteiger partial charge in [0, 0.05) is 19.6 Å². The van der Waals surface area contributed by atoms with E-state index in [4.69, 9.17) is 9.88 Å². The summed E-state index contributed by atoms with van der Waals surface area (Å²) in [5, 5.41) is 7.93. The van der Waals surface area contributed by atoms with Crippen LogP contribution in [0.1, 0.15) is 18.9 Å². The molecule has 0 aromatic heterocycles. The van der Waals surface area contributed by atoms with Gasteiger partial charge in [-0.15, -0.1) is 0 Å². The standard InChI is InChI=1S/C15H23N3O4S/c1-2-13-11-18(9-10-22-13)15(19)17-8-7-12-3-5-14(6-4-12)23(16,20)21/h3-6,13H,2,7-11H2,1H3,(H,17,19)(H2,16,20,21)/t13-/m0/s1. The number of nitrogens with two attached hydrogens (primary N) is 1. The number of carbonyl (C=O) groups is 1. The lowest BCUT2D eigenvalue weighted by Crippen LogP contribution is -2.49. The van der Waals surface area contributed by atoms with E-state index < -0.39 is 10.0 Å². The largest absolute Gasteiger partial charge is 0.375 e. The van der Waals surface area contributed by atoms with Crippen LogP contribution in [0.5, 0.6) is 0 Å². The number of primary sulfonamides is 1. The van der Waals surface area contributed by atoms with E-state index in [0.29, 0.717) is 32.7 Å². The van der Waals surface area contributed by atoms with E-state index in [1.54, 1.807) is 17.0 Å². The summed E-state index contributed by atoms with van der Waals surface area (Å²) < 4.78 is 27.9. The second-order valence-corrected chi connectivity index (χ2v) is 7.08. The summed E-state index contributed by atoms with van der Waals surface area (Å²) in [4.78, 5) is 14.0. The summed E-state index contributed by atoms with van der Waals surface area (Å²) in [7, 11) is -3.66. The van der Waals surface area contributed by atoms with Crippen molar-refractivity contribution in [3.8, 4) is 0 Å². The second-order valence-electron chi connectivity index (χ2n) is 5.52. The van der Waals surface area contributed by atoms with Gasteiger partial charge in [0.15, 0.2) is 0 Å². The maximum atomic E-state index is 12.1. The highest BCUT2D eigenvalue weighted by Crippen LogP contribution is 2.10. The molecule has 2 amide bonds. The number of ether oxygens (including phenoxy) is 1. The molecule has 7 nitrogen and oxygen atoms in total. The van der Waals surface area contributed by atoms with Crippen molar-refractivity contribution >= 4 is 16.1 Å². The minimum Gasteiger partial charge on any atom is -0.375 e. The van der Waals surface area contributed by atoms with Crippen molar-refractivity contribution in [3.05, 3.63) is 29.8 Å². The smallest absolute Gasteiger partial charge is 0.317 e. The molecule has 1 aliphatic heterocycles. The Morgan fingerprint density at radius 2 is 2.09 bits per heavy atom. The summed E-state index contributed by atoms with van der Waals surface area (Å²) in [5.74, 6) is 0. The van der Waals surface area contributed by atoms with Crippen molar-refractivity contribution < 1.29 is 17.9 Å². The Hall–Kier alpha value is -1.64. The van der Waals surface area contributed by atoms with Crippen LogP contribution in [0.2, 0.25) is 0 Å². The first-order valence-electron chi connectivity index (χ1n) is 7.66. The van der Waals surface area contributed by atoms with Crippen molar-refractivity contribution in [1.82, 2.24) is 10.2 Å². The molecule has 2 rings (SSSR count). The minimum absolute atomic E-state index is 0.0872. The van der Waals surface area contributed by atoms with Crippen molar-refractivity contribution in [2.75, 3.05) is 26.2 Å². The Kier molecular flexibility index (Phi) is 5.97. The van der Waals surface area contributed by atoms with Gasteiger partial charge in [0.2, 0.25) is 10.0 Å². The fraction of sp³-hybridized carbons (Fsp3) is 0.533. The molecule has 0 aliphatic carbocycles. The topological polar surface area (TPSA) is 102 Å². The van der Waals surface area contributed by atoms with Crippen molar-refractivity contribution in [2.24, 2.45) is 5.14 Å². The van der Waals surface area contributed by atoms with Crippen molar-refractivity contribution in [1.29, 1.82) is 0 Å². The van der Waals surface area contributed by atoms with Gasteiger partial charge in [-0.05, 0) is 30.5 Å². The SMILES string of the molecule is CC[C@H]1CN(C(=O)NCCc2ccc(S(N)(=O)=O)cc2)CCO1. The third-order valence-electron chi connectivity index (χ3n) is 3.82. The molecule has 1 aromatic carbocycles. The predicted octanol–water partition coefficient (Wildman–Crippen LogP) is 0.697. The molecule has 1 saturated heterocycles. The molecule has 3 N–H and O–H groups in total. The molecule has 0 saturated carbocycles. The molecule has 1 fully saturated rings. The molecule has 128 valence electrons. The molecule has 0 bridgehead atoms. The molecule has 1 aromatic rings. The molecular weight excluding hydrogens is 318 g/mol. The number of nitrogens with one attached hydrogen (secondary N) is 1. The molecule has 0 radical (unpaired) electrons. The van der Waals surface area contributed by atoms with E-state index in [-0.39, 0.29) is 17.0 Å². The van der Waals surface area contributed by atoms with Crippen LogP contribution in [-0.2, 0) is 21.2 Å². The van der Waals surface area contributed by atoms with E-state index >= 15 is 0 Å². The van der Waals surface area contributed by atoms with E-state index in [9.17, 15) is 13.2 Å². The van der Waals surface area contributed by atoms with Crippen LogP contribution in [0, 0.1) is 0 Å². The summed E-state index contributed by atoms with van der Waals surface area (Å²) in [6.45, 7) is 4.32. The van der Waals surface area contributed by atoms with Crippen LogP contribution < -0.4 is 10.5 Å². The fourth-order valence-electron chi connectivity index (χ4n) is 2.42. The minimum atomic E-state index is -3.66. The molecule has 23 heavy (non-hydrogen) atoms. The van der Waals surface area contributed by atoms with Crippen LogP contribution in [0.15, 0.2) is 29.2 Å². The summed E-state index contributed by atoms with van der Waals surface area (Å²) in [6, 6.07) is 6.26. The third-order valence-corrected chi connectivity index (χ3v) is 4.75. The number of carbonyl (C=O) groups excluding carboxylic acids is 1. The lowest BCUT2D eigenvalue weighted by atomic mass is 10.1. The Balaban J connectivity index is 1.79. The number of amides is 2. The Labute approximate surface area is 136 Å². The third kappa shape index (κ3) is 5.19. The van der Waals surface area contributed by atoms with Gasteiger partial charge in [-0.1, -0.05) is 19.1 Å². The Bertz CT molecular complexity index is 631. The maximum Gasteiger partial charge on any atom is 0.317 e. The van der Waals surface area contributed by atoms with Crippen LogP contribution in [0.3, 0.4) is 0 Å². The molecular formula is C15H23N3O4S. The number of morpholine rings is 1. The van der Waals surface area contributed by atoms with Crippen molar-refractivity contribution in [2.45, 2.75) is 30.8 Å². The summed E-state index contributed by atoms with van der Waals surface area (Å²) >= 11 is 0. The molecule has 0 spiro atoms. The number of urea groups is 1. The molecule has 1 aliphatic rings. The van der Waals surface area contributed by atoms with Gasteiger partial charge in [0.1, 0.15) is 0 Å². The van der Waals surface area contributed by atoms with Gasteiger partial charge in [-0.3, -0.25) is 0 Å². The first-order valence-corrected chi connectivity index (χ1v) is 9.21. The van der Waals surface area contributed by atoms with Crippen LogP contribution >= 0.6 is 0 Å². The van der Waals surface area contributed by atoms with E-state index in [2.05, 4.69) is 5.32 Å². The number of hydrogen-bond acceptors (Lipinski definition) is 4. The van der Waals surface area contributed by atoms with Gasteiger partial charge in [0.05, 0.1) is 17.6 Å². The van der Waals surface area contributed by atoms with Gasteiger partial charge in [-0.25, -0.2) is 18.4 Å². The lowest BCUT2D eigenvalue weighted by molar-refractivity contribution is -0.0153. The molecule has 0 unspecified atom stereocenters. The fourth-order valence-corrected chi connectivity index (χ4v) is 2.94. The van der Waals surface area contributed by atoms with Gasteiger partial charge >= 0.3 is 6.03 Å². The van der Waals surface area contributed by atoms with Crippen LogP contribution in [0.4, 0.5) is 4.79 Å². The number of benzene rings is 1. The normalized spacial score (nSPS) is 18.7. The van der Waals surface area contributed by atoms with Crippen LogP contribution in [-0.4, -0.2) is 51.7 Å². The van der Waals surface area contributed by atoms with Gasteiger partial charge in [0.25, 0.3) is 0 Å². The predicted molar refractivity (Wildman–Crippen MR) is 86.5 cm³/mol. The average molecular weight is 341 g/mol. The zero-order valence-electron chi connectivity index (χ0n) is 13.2. The van der Waals surface area contributed by atoms with Gasteiger partial charge < -0.3 is 15.0 Å². The van der Waals surface area contributed by atoms with E-state index in [1.807, 2.05) is 6.92 Å². The van der Waals surface area contributed by atoms with E-state index in [1.165, 1.54) is 12.1 Å². The van der Waals surface area contributed by atoms with Gasteiger partial charge in [-0.2, -0.15) is 0 Å². The monoisotopic (exact) mass is 341 g/mol. The zero-order valence-corrected chi connectivity index (χ0v) is 14.0. The number of nitrogens with zero attached hydrogens (tertiary/aromatic N) is 1. The number of hydrogen-bond donors (Lipinski definition) is 2. The first kappa shape index (κ1) is 17.7.